The van der Waals surface area contributed by atoms with Crippen molar-refractivity contribution >= 4 is 39.6 Å². The molecule has 39 heavy (non-hydrogen) atoms. The van der Waals surface area contributed by atoms with Gasteiger partial charge in [0.25, 0.3) is 0 Å². The van der Waals surface area contributed by atoms with Gasteiger partial charge in [-0.3, -0.25) is 0 Å². The van der Waals surface area contributed by atoms with E-state index < -0.39 is 12.0 Å². The minimum atomic E-state index is -0.560. The number of nitrogens with zero attached hydrogens (tertiary/aromatic N) is 3. The summed E-state index contributed by atoms with van der Waals surface area (Å²) in [6.07, 6.45) is 0. The molecular weight excluding hydrogens is 583 g/mol. The highest BCUT2D eigenvalue weighted by molar-refractivity contribution is 9.10. The standard InChI is InChI=1S/C29H26BrFN4O3S/c1-3-37-27(36)25-18(2)32-28-33-29(39-17-21-8-4-5-10-24(21)31)34-35(28)26(25)20-11-13-23(14-12-20)38-16-19-7-6-9-22(30)15-19/h4-15,26H,3,16-17H2,1-2H3,(H,32,33,34). The van der Waals surface area contributed by atoms with Crippen molar-refractivity contribution in [2.45, 2.75) is 37.4 Å². The number of esters is 1. The Morgan fingerprint density at radius 3 is 2.67 bits per heavy atom. The second-order valence-electron chi connectivity index (χ2n) is 8.82. The molecule has 0 saturated heterocycles. The molecule has 4 aromatic rings. The minimum absolute atomic E-state index is 0.249. The predicted octanol–water partition coefficient (Wildman–Crippen LogP) is 6.90. The van der Waals surface area contributed by atoms with E-state index >= 15 is 0 Å². The zero-order chi connectivity index (χ0) is 27.4. The fourth-order valence-electron chi connectivity index (χ4n) is 4.27. The van der Waals surface area contributed by atoms with Crippen LogP contribution in [0, 0.1) is 5.82 Å². The van der Waals surface area contributed by atoms with Crippen LogP contribution in [0.15, 0.2) is 93.7 Å². The van der Waals surface area contributed by atoms with Crippen molar-refractivity contribution in [3.05, 3.63) is 111 Å². The zero-order valence-electron chi connectivity index (χ0n) is 21.4. The Morgan fingerprint density at radius 1 is 1.13 bits per heavy atom. The number of benzene rings is 3. The number of thioether (sulfide) groups is 1. The molecule has 10 heteroatoms. The lowest BCUT2D eigenvalue weighted by atomic mass is 9.96. The molecule has 1 aliphatic rings. The number of fused-ring (bicyclic) bond motifs is 1. The van der Waals surface area contributed by atoms with Crippen LogP contribution in [0.3, 0.4) is 0 Å². The van der Waals surface area contributed by atoms with Crippen LogP contribution in [0.1, 0.15) is 36.6 Å². The van der Waals surface area contributed by atoms with Gasteiger partial charge in [0, 0.05) is 15.9 Å². The van der Waals surface area contributed by atoms with Crippen LogP contribution in [0.5, 0.6) is 5.75 Å². The number of nitrogens with one attached hydrogen (secondary N) is 1. The lowest BCUT2D eigenvalue weighted by molar-refractivity contribution is -0.139. The van der Waals surface area contributed by atoms with Crippen molar-refractivity contribution in [1.29, 1.82) is 0 Å². The van der Waals surface area contributed by atoms with Crippen molar-refractivity contribution in [3.8, 4) is 5.75 Å². The molecular formula is C29H26BrFN4O3S. The normalized spacial score (nSPS) is 14.5. The molecule has 1 atom stereocenters. The highest BCUT2D eigenvalue weighted by Crippen LogP contribution is 2.37. The minimum Gasteiger partial charge on any atom is -0.489 e. The number of hydrogen-bond acceptors (Lipinski definition) is 7. The molecule has 200 valence electrons. The summed E-state index contributed by atoms with van der Waals surface area (Å²) in [6.45, 7) is 4.27. The molecule has 1 N–H and O–H groups in total. The number of hydrogen-bond donors (Lipinski definition) is 1. The Kier molecular flexibility index (Phi) is 8.33. The van der Waals surface area contributed by atoms with Gasteiger partial charge in [0.2, 0.25) is 11.1 Å². The Hall–Kier alpha value is -3.63. The van der Waals surface area contributed by atoms with Crippen molar-refractivity contribution < 1.29 is 18.7 Å². The molecule has 0 fully saturated rings. The molecule has 0 radical (unpaired) electrons. The Bertz CT molecular complexity index is 1520. The topological polar surface area (TPSA) is 78.3 Å². The van der Waals surface area contributed by atoms with Crippen LogP contribution < -0.4 is 10.1 Å². The number of carbonyl (C=O) groups is 1. The second-order valence-corrected chi connectivity index (χ2v) is 10.7. The van der Waals surface area contributed by atoms with E-state index in [9.17, 15) is 9.18 Å². The Labute approximate surface area is 238 Å². The van der Waals surface area contributed by atoms with Crippen LogP contribution >= 0.6 is 27.7 Å². The maximum atomic E-state index is 14.1. The first kappa shape index (κ1) is 27.0. The van der Waals surface area contributed by atoms with Gasteiger partial charge in [-0.2, -0.15) is 4.98 Å². The first-order chi connectivity index (χ1) is 18.9. The monoisotopic (exact) mass is 608 g/mol. The van der Waals surface area contributed by atoms with Crippen LogP contribution in [-0.2, 0) is 21.9 Å². The summed E-state index contributed by atoms with van der Waals surface area (Å²) >= 11 is 4.81. The quantitative estimate of drug-likeness (QED) is 0.163. The highest BCUT2D eigenvalue weighted by atomic mass is 79.9. The van der Waals surface area contributed by atoms with Gasteiger partial charge in [-0.05, 0) is 60.9 Å². The predicted molar refractivity (Wildman–Crippen MR) is 152 cm³/mol. The van der Waals surface area contributed by atoms with Crippen molar-refractivity contribution in [2.24, 2.45) is 0 Å². The summed E-state index contributed by atoms with van der Waals surface area (Å²) in [7, 11) is 0. The lowest BCUT2D eigenvalue weighted by Crippen LogP contribution is -2.29. The molecule has 0 saturated carbocycles. The third kappa shape index (κ3) is 6.17. The molecule has 2 heterocycles. The van der Waals surface area contributed by atoms with Gasteiger partial charge in [0.1, 0.15) is 24.2 Å². The second kappa shape index (κ2) is 12.0. The smallest absolute Gasteiger partial charge is 0.338 e. The Balaban J connectivity index is 1.41. The molecule has 1 unspecified atom stereocenters. The SMILES string of the molecule is CCOC(=O)C1=C(C)Nc2nc(SCc3ccccc3F)nn2C1c1ccc(OCc2cccc(Br)c2)cc1. The molecule has 3 aromatic carbocycles. The Morgan fingerprint density at radius 2 is 1.92 bits per heavy atom. The van der Waals surface area contributed by atoms with Gasteiger partial charge in [0.05, 0.1) is 12.2 Å². The largest absolute Gasteiger partial charge is 0.489 e. The summed E-state index contributed by atoms with van der Waals surface area (Å²) in [6, 6.07) is 21.6. The molecule has 5 rings (SSSR count). The fourth-order valence-corrected chi connectivity index (χ4v) is 5.53. The van der Waals surface area contributed by atoms with E-state index in [2.05, 4.69) is 26.2 Å². The van der Waals surface area contributed by atoms with Crippen LogP contribution in [0.4, 0.5) is 10.3 Å². The fraction of sp³-hybridized carbons (Fsp3) is 0.207. The van der Waals surface area contributed by atoms with Crippen molar-refractivity contribution in [3.63, 3.8) is 0 Å². The van der Waals surface area contributed by atoms with E-state index in [0.29, 0.717) is 46.0 Å². The molecule has 1 aromatic heterocycles. The average Bonchev–Trinajstić information content (AvgIpc) is 3.33. The van der Waals surface area contributed by atoms with Crippen LogP contribution in [-0.4, -0.2) is 27.3 Å². The van der Waals surface area contributed by atoms with Gasteiger partial charge in [0.15, 0.2) is 0 Å². The number of carbonyl (C=O) groups excluding carboxylic acids is 1. The van der Waals surface area contributed by atoms with E-state index in [4.69, 9.17) is 14.6 Å². The maximum absolute atomic E-state index is 14.1. The first-order valence-electron chi connectivity index (χ1n) is 12.4. The van der Waals surface area contributed by atoms with Crippen LogP contribution in [0.25, 0.3) is 0 Å². The van der Waals surface area contributed by atoms with E-state index in [1.165, 1.54) is 17.8 Å². The average molecular weight is 610 g/mol. The van der Waals surface area contributed by atoms with E-state index in [1.54, 1.807) is 29.8 Å². The number of aromatic nitrogens is 3. The molecule has 1 aliphatic heterocycles. The number of ether oxygens (including phenoxy) is 2. The van der Waals surface area contributed by atoms with E-state index in [1.807, 2.05) is 55.5 Å². The van der Waals surface area contributed by atoms with Gasteiger partial charge in [-0.1, -0.05) is 70.2 Å². The maximum Gasteiger partial charge on any atom is 0.338 e. The number of anilines is 1. The van der Waals surface area contributed by atoms with Crippen molar-refractivity contribution in [1.82, 2.24) is 14.8 Å². The molecule has 7 nitrogen and oxygen atoms in total. The number of halogens is 2. The van der Waals surface area contributed by atoms with E-state index in [-0.39, 0.29) is 12.4 Å². The number of rotatable bonds is 9. The molecule has 0 amide bonds. The van der Waals surface area contributed by atoms with Crippen LogP contribution in [0.2, 0.25) is 0 Å². The van der Waals surface area contributed by atoms with Gasteiger partial charge >= 0.3 is 5.97 Å². The third-order valence-electron chi connectivity index (χ3n) is 6.13. The summed E-state index contributed by atoms with van der Waals surface area (Å²) in [5.41, 5.74) is 3.52. The summed E-state index contributed by atoms with van der Waals surface area (Å²) in [5, 5.41) is 8.35. The summed E-state index contributed by atoms with van der Waals surface area (Å²) < 4.78 is 28.2. The summed E-state index contributed by atoms with van der Waals surface area (Å²) in [4.78, 5) is 17.7. The molecule has 0 spiro atoms. The number of allylic oxidation sites excluding steroid dienone is 1. The zero-order valence-corrected chi connectivity index (χ0v) is 23.8. The van der Waals surface area contributed by atoms with E-state index in [0.717, 1.165) is 15.6 Å². The van der Waals surface area contributed by atoms with Crippen molar-refractivity contribution in [2.75, 3.05) is 11.9 Å². The summed E-state index contributed by atoms with van der Waals surface area (Å²) in [5.74, 6) is 0.878. The molecule has 0 aliphatic carbocycles. The van der Waals surface area contributed by atoms with Gasteiger partial charge in [-0.25, -0.2) is 13.9 Å². The molecule has 0 bridgehead atoms. The van der Waals surface area contributed by atoms with Gasteiger partial charge < -0.3 is 14.8 Å². The lowest BCUT2D eigenvalue weighted by Gasteiger charge is -2.28. The first-order valence-corrected chi connectivity index (χ1v) is 14.2. The third-order valence-corrected chi connectivity index (χ3v) is 7.51. The van der Waals surface area contributed by atoms with Gasteiger partial charge in [-0.15, -0.1) is 5.10 Å². The highest BCUT2D eigenvalue weighted by Gasteiger charge is 2.35.